The van der Waals surface area contributed by atoms with Crippen molar-refractivity contribution in [1.82, 2.24) is 5.32 Å². The zero-order chi connectivity index (χ0) is 16.3. The van der Waals surface area contributed by atoms with E-state index in [2.05, 4.69) is 5.32 Å². The van der Waals surface area contributed by atoms with Gasteiger partial charge in [0.1, 0.15) is 11.6 Å². The molecule has 22 heavy (non-hydrogen) atoms. The molecule has 1 saturated heterocycles. The van der Waals surface area contributed by atoms with Gasteiger partial charge in [0.25, 0.3) is 6.47 Å². The molecule has 0 saturated carbocycles. The number of ketones is 2. The Morgan fingerprint density at radius 3 is 2.82 bits per heavy atom. The molecule has 0 aromatic rings. The summed E-state index contributed by atoms with van der Waals surface area (Å²) in [5, 5.41) is 2.59. The van der Waals surface area contributed by atoms with Crippen molar-refractivity contribution in [3.63, 3.8) is 0 Å². The van der Waals surface area contributed by atoms with Crippen LogP contribution >= 0.6 is 11.6 Å². The second-order valence-corrected chi connectivity index (χ2v) is 6.10. The fourth-order valence-corrected chi connectivity index (χ4v) is 3.34. The van der Waals surface area contributed by atoms with E-state index in [1.54, 1.807) is 6.92 Å². The number of Topliss-reactive ketones (excluding diaryl/α,β-unsaturated/α-hetero) is 1. The molecule has 1 amide bonds. The lowest BCUT2D eigenvalue weighted by Crippen LogP contribution is -2.51. The molecule has 0 spiro atoms. The quantitative estimate of drug-likeness (QED) is 0.578. The van der Waals surface area contributed by atoms with Gasteiger partial charge in [0.15, 0.2) is 11.6 Å². The number of halogens is 1. The third-order valence-corrected chi connectivity index (χ3v) is 4.57. The van der Waals surface area contributed by atoms with Crippen molar-refractivity contribution in [3.8, 4) is 0 Å². The van der Waals surface area contributed by atoms with Gasteiger partial charge in [-0.05, 0) is 32.3 Å². The average molecular weight is 328 g/mol. The van der Waals surface area contributed by atoms with Crippen LogP contribution in [0.3, 0.4) is 0 Å². The molecule has 1 aliphatic carbocycles. The van der Waals surface area contributed by atoms with E-state index < -0.39 is 17.6 Å². The van der Waals surface area contributed by atoms with Crippen LogP contribution in [0.1, 0.15) is 32.6 Å². The predicted molar refractivity (Wildman–Crippen MR) is 78.3 cm³/mol. The summed E-state index contributed by atoms with van der Waals surface area (Å²) in [7, 11) is 0. The zero-order valence-corrected chi connectivity index (χ0v) is 13.0. The van der Waals surface area contributed by atoms with E-state index >= 15 is 0 Å². The summed E-state index contributed by atoms with van der Waals surface area (Å²) in [6.07, 6.45) is 3.13. The number of ether oxygens (including phenoxy) is 1. The largest absolute Gasteiger partial charge is 0.458 e. The van der Waals surface area contributed by atoms with Crippen LogP contribution in [0, 0.1) is 5.92 Å². The maximum Gasteiger partial charge on any atom is 0.293 e. The second kappa shape index (κ2) is 6.60. The number of carbonyl (C=O) groups excluding carboxylic acids is 4. The van der Waals surface area contributed by atoms with Gasteiger partial charge in [-0.1, -0.05) is 0 Å². The van der Waals surface area contributed by atoms with E-state index in [9.17, 15) is 19.2 Å². The molecule has 0 unspecified atom stereocenters. The number of amides is 1. The molecular weight excluding hydrogens is 310 g/mol. The SMILES string of the molecule is C[C@@]1(OC=O)[C@@H](C(=O)C2=CC(=O)CCC2)NC(=O)[C@@H]1CCCl. The summed E-state index contributed by atoms with van der Waals surface area (Å²) in [6, 6.07) is -0.990. The van der Waals surface area contributed by atoms with Crippen LogP contribution in [-0.4, -0.2) is 41.5 Å². The van der Waals surface area contributed by atoms with Crippen molar-refractivity contribution >= 4 is 35.5 Å². The first-order valence-corrected chi connectivity index (χ1v) is 7.73. The van der Waals surface area contributed by atoms with Gasteiger partial charge < -0.3 is 10.1 Å². The minimum atomic E-state index is -1.30. The number of nitrogens with one attached hydrogen (secondary N) is 1. The van der Waals surface area contributed by atoms with Crippen molar-refractivity contribution in [3.05, 3.63) is 11.6 Å². The summed E-state index contributed by atoms with van der Waals surface area (Å²) in [5.74, 6) is -1.33. The van der Waals surface area contributed by atoms with Crippen LogP contribution in [0.4, 0.5) is 0 Å². The summed E-state index contributed by atoms with van der Waals surface area (Å²) >= 11 is 5.70. The lowest BCUT2D eigenvalue weighted by atomic mass is 9.80. The highest BCUT2D eigenvalue weighted by molar-refractivity contribution is 6.18. The van der Waals surface area contributed by atoms with Gasteiger partial charge in [-0.2, -0.15) is 0 Å². The Labute approximate surface area is 133 Å². The van der Waals surface area contributed by atoms with E-state index in [1.165, 1.54) is 6.08 Å². The van der Waals surface area contributed by atoms with Gasteiger partial charge in [-0.25, -0.2) is 0 Å². The normalized spacial score (nSPS) is 31.5. The van der Waals surface area contributed by atoms with Gasteiger partial charge in [0.2, 0.25) is 5.91 Å². The Hall–Kier alpha value is -1.69. The van der Waals surface area contributed by atoms with Crippen molar-refractivity contribution in [2.24, 2.45) is 5.92 Å². The molecule has 0 radical (unpaired) electrons. The van der Waals surface area contributed by atoms with Crippen LogP contribution < -0.4 is 5.32 Å². The van der Waals surface area contributed by atoms with E-state index in [4.69, 9.17) is 16.3 Å². The smallest absolute Gasteiger partial charge is 0.293 e. The molecule has 1 aliphatic heterocycles. The lowest BCUT2D eigenvalue weighted by molar-refractivity contribution is -0.150. The minimum Gasteiger partial charge on any atom is -0.458 e. The molecule has 2 rings (SSSR count). The van der Waals surface area contributed by atoms with E-state index in [1.807, 2.05) is 0 Å². The van der Waals surface area contributed by atoms with E-state index in [-0.39, 0.29) is 29.8 Å². The fraction of sp³-hybridized carbons (Fsp3) is 0.600. The monoisotopic (exact) mass is 327 g/mol. The first-order chi connectivity index (χ1) is 10.4. The summed E-state index contributed by atoms with van der Waals surface area (Å²) in [6.45, 7) is 1.78. The number of allylic oxidation sites excluding steroid dienone is 1. The molecule has 3 atom stereocenters. The summed E-state index contributed by atoms with van der Waals surface area (Å²) < 4.78 is 5.12. The standard InChI is InChI=1S/C15H18ClNO5/c1-15(22-8-18)11(5-6-16)14(21)17-13(15)12(20)9-3-2-4-10(19)7-9/h7-8,11,13H,2-6H2,1H3,(H,17,21)/t11-,13+,15-/m0/s1. The first kappa shape index (κ1) is 16.7. The molecule has 7 heteroatoms. The van der Waals surface area contributed by atoms with Gasteiger partial charge in [0, 0.05) is 17.9 Å². The summed E-state index contributed by atoms with van der Waals surface area (Å²) in [5.41, 5.74) is -0.930. The Bertz CT molecular complexity index is 544. The number of rotatable bonds is 6. The molecule has 0 bridgehead atoms. The van der Waals surface area contributed by atoms with Crippen molar-refractivity contribution in [1.29, 1.82) is 0 Å². The second-order valence-electron chi connectivity index (χ2n) is 5.72. The maximum atomic E-state index is 12.7. The Kier molecular flexibility index (Phi) is 5.01. The molecule has 2 aliphatic rings. The molecule has 6 nitrogen and oxygen atoms in total. The molecule has 0 aromatic carbocycles. The Morgan fingerprint density at radius 1 is 1.50 bits per heavy atom. The van der Waals surface area contributed by atoms with E-state index in [0.29, 0.717) is 31.3 Å². The Balaban J connectivity index is 2.32. The highest BCUT2D eigenvalue weighted by atomic mass is 35.5. The topological polar surface area (TPSA) is 89.5 Å². The number of carbonyl (C=O) groups is 4. The fourth-order valence-electron chi connectivity index (χ4n) is 3.13. The van der Waals surface area contributed by atoms with Crippen LogP contribution in [0.2, 0.25) is 0 Å². The van der Waals surface area contributed by atoms with Gasteiger partial charge >= 0.3 is 0 Å². The molecule has 120 valence electrons. The highest BCUT2D eigenvalue weighted by Gasteiger charge is 2.56. The third-order valence-electron chi connectivity index (χ3n) is 4.35. The maximum absolute atomic E-state index is 12.7. The lowest BCUT2D eigenvalue weighted by Gasteiger charge is -2.32. The predicted octanol–water partition coefficient (Wildman–Crippen LogP) is 0.910. The number of alkyl halides is 1. The minimum absolute atomic E-state index is 0.103. The van der Waals surface area contributed by atoms with Crippen LogP contribution in [-0.2, 0) is 23.9 Å². The van der Waals surface area contributed by atoms with Crippen LogP contribution in [0.25, 0.3) is 0 Å². The highest BCUT2D eigenvalue weighted by Crippen LogP contribution is 2.36. The van der Waals surface area contributed by atoms with Crippen molar-refractivity contribution in [2.45, 2.75) is 44.2 Å². The molecule has 0 aromatic heterocycles. The third kappa shape index (κ3) is 2.92. The molecule has 1 fully saturated rings. The first-order valence-electron chi connectivity index (χ1n) is 7.19. The van der Waals surface area contributed by atoms with Gasteiger partial charge in [0.05, 0.1) is 5.92 Å². The van der Waals surface area contributed by atoms with E-state index in [0.717, 1.165) is 0 Å². The van der Waals surface area contributed by atoms with Crippen molar-refractivity contribution < 1.29 is 23.9 Å². The number of hydrogen-bond donors (Lipinski definition) is 1. The van der Waals surface area contributed by atoms with Crippen LogP contribution in [0.15, 0.2) is 11.6 Å². The summed E-state index contributed by atoms with van der Waals surface area (Å²) in [4.78, 5) is 47.1. The average Bonchev–Trinajstić information content (AvgIpc) is 2.72. The van der Waals surface area contributed by atoms with Crippen LogP contribution in [0.5, 0.6) is 0 Å². The molecule has 1 N–H and O–H groups in total. The number of hydrogen-bond acceptors (Lipinski definition) is 5. The van der Waals surface area contributed by atoms with Gasteiger partial charge in [-0.3, -0.25) is 19.2 Å². The van der Waals surface area contributed by atoms with Crippen molar-refractivity contribution in [2.75, 3.05) is 5.88 Å². The van der Waals surface area contributed by atoms with Gasteiger partial charge in [-0.15, -0.1) is 11.6 Å². The zero-order valence-electron chi connectivity index (χ0n) is 12.3. The Morgan fingerprint density at radius 2 is 2.23 bits per heavy atom. The molecular formula is C15H18ClNO5. The molecule has 1 heterocycles.